The molecular weight excluding hydrogens is 534 g/mol. The third-order valence-corrected chi connectivity index (χ3v) is 9.67. The van der Waals surface area contributed by atoms with Crippen molar-refractivity contribution in [3.05, 3.63) is 40.6 Å². The van der Waals surface area contributed by atoms with Crippen LogP contribution in [0.3, 0.4) is 0 Å². The molecule has 4 atom stereocenters. The lowest BCUT2D eigenvalue weighted by atomic mass is 9.94. The summed E-state index contributed by atoms with van der Waals surface area (Å²) in [6, 6.07) is 3.65. The molecule has 1 aliphatic carbocycles. The number of hydrogen-bond donors (Lipinski definition) is 2. The number of rotatable bonds is 3. The summed E-state index contributed by atoms with van der Waals surface area (Å²) >= 11 is 6.52. The van der Waals surface area contributed by atoms with Crippen LogP contribution in [0.4, 0.5) is 14.6 Å². The monoisotopic (exact) mass is 562 g/mol. The number of fused-ring (bicyclic) bond motifs is 4. The Kier molecular flexibility index (Phi) is 5.54. The largest absolute Gasteiger partial charge is 0.508 e. The number of anilines is 1. The molecule has 1 saturated carbocycles. The minimum Gasteiger partial charge on any atom is -0.508 e. The molecule has 5 fully saturated rings. The van der Waals surface area contributed by atoms with E-state index in [4.69, 9.17) is 16.6 Å². The molecule has 0 spiro atoms. The van der Waals surface area contributed by atoms with Crippen molar-refractivity contribution in [2.45, 2.75) is 68.2 Å². The van der Waals surface area contributed by atoms with E-state index < -0.39 is 17.5 Å². The summed E-state index contributed by atoms with van der Waals surface area (Å²) in [6.45, 7) is 2.85. The van der Waals surface area contributed by atoms with Crippen LogP contribution in [0.25, 0.3) is 22.2 Å². The lowest BCUT2D eigenvalue weighted by molar-refractivity contribution is 0.255. The number of nitrogens with zero attached hydrogens (tertiary/aromatic N) is 5. The second kappa shape index (κ2) is 8.97. The molecule has 4 aliphatic heterocycles. The van der Waals surface area contributed by atoms with E-state index >= 15 is 4.39 Å². The van der Waals surface area contributed by atoms with E-state index in [9.17, 15) is 9.50 Å². The van der Waals surface area contributed by atoms with Crippen LogP contribution in [-0.2, 0) is 0 Å². The molecule has 5 aliphatic rings. The molecule has 2 bridgehead atoms. The zero-order valence-corrected chi connectivity index (χ0v) is 22.7. The van der Waals surface area contributed by atoms with Crippen molar-refractivity contribution in [3.8, 4) is 28.8 Å². The van der Waals surface area contributed by atoms with Crippen LogP contribution in [0, 0.1) is 17.7 Å². The minimum absolute atomic E-state index is 0.0377. The van der Waals surface area contributed by atoms with Crippen molar-refractivity contribution in [3.63, 3.8) is 0 Å². The van der Waals surface area contributed by atoms with Gasteiger partial charge in [0.15, 0.2) is 5.82 Å². The summed E-state index contributed by atoms with van der Waals surface area (Å²) in [5.74, 6) is 6.93. The molecule has 40 heavy (non-hydrogen) atoms. The Balaban J connectivity index is 1.30. The quantitative estimate of drug-likeness (QED) is 0.454. The molecule has 6 heterocycles. The average molecular weight is 563 g/mol. The summed E-state index contributed by atoms with van der Waals surface area (Å²) in [5, 5.41) is 14.8. The van der Waals surface area contributed by atoms with Gasteiger partial charge in [-0.2, -0.15) is 0 Å². The van der Waals surface area contributed by atoms with Crippen molar-refractivity contribution in [2.75, 3.05) is 31.1 Å². The van der Waals surface area contributed by atoms with Crippen LogP contribution in [0.2, 0.25) is 5.02 Å². The third-order valence-electron chi connectivity index (χ3n) is 9.36. The van der Waals surface area contributed by atoms with Crippen LogP contribution in [0.5, 0.6) is 5.75 Å². The molecule has 0 radical (unpaired) electrons. The van der Waals surface area contributed by atoms with E-state index in [1.165, 1.54) is 12.1 Å². The molecule has 8 rings (SSSR count). The standard InChI is InChI=1S/C30H29ClF2N6O/c31-23-10-20(40)9-21(25(23)16-2-3-16)27-26(33)28-22(13-35-27)29(39-15-18-8-19(39)12-34-18)37-24(36-28)4-6-30-5-1-7-38(30)14-17(32)11-30/h9-10,13,16-19,34,40H,1-3,5,7-8,11-12,14-15H2/t17-,18-,19-,30-/m1/s1. The van der Waals surface area contributed by atoms with E-state index in [2.05, 4.69) is 36.9 Å². The second-order valence-corrected chi connectivity index (χ2v) is 12.4. The highest BCUT2D eigenvalue weighted by molar-refractivity contribution is 6.32. The normalized spacial score (nSPS) is 29.3. The fourth-order valence-corrected chi connectivity index (χ4v) is 7.75. The van der Waals surface area contributed by atoms with Crippen molar-refractivity contribution in [1.82, 2.24) is 25.2 Å². The van der Waals surface area contributed by atoms with Crippen LogP contribution < -0.4 is 10.2 Å². The highest BCUT2D eigenvalue weighted by Crippen LogP contribution is 2.49. The van der Waals surface area contributed by atoms with Gasteiger partial charge >= 0.3 is 0 Å². The van der Waals surface area contributed by atoms with E-state index in [0.29, 0.717) is 40.8 Å². The lowest BCUT2D eigenvalue weighted by Crippen LogP contribution is -2.44. The van der Waals surface area contributed by atoms with Crippen LogP contribution in [0.1, 0.15) is 55.8 Å². The molecule has 3 aromatic rings. The average Bonchev–Trinajstić information content (AvgIpc) is 3.21. The number of benzene rings is 1. The molecule has 2 N–H and O–H groups in total. The van der Waals surface area contributed by atoms with Crippen LogP contribution in [0.15, 0.2) is 18.3 Å². The highest BCUT2D eigenvalue weighted by Gasteiger charge is 2.48. The Labute approximate surface area is 236 Å². The summed E-state index contributed by atoms with van der Waals surface area (Å²) in [7, 11) is 0. The number of aromatic nitrogens is 3. The Morgan fingerprint density at radius 2 is 2.08 bits per heavy atom. The summed E-state index contributed by atoms with van der Waals surface area (Å²) < 4.78 is 30.9. The molecule has 0 unspecified atom stereocenters. The van der Waals surface area contributed by atoms with Gasteiger partial charge < -0.3 is 15.3 Å². The number of phenols is 1. The maximum absolute atomic E-state index is 16.5. The van der Waals surface area contributed by atoms with Gasteiger partial charge in [0.1, 0.15) is 28.9 Å². The van der Waals surface area contributed by atoms with Crippen molar-refractivity contribution >= 4 is 28.3 Å². The summed E-state index contributed by atoms with van der Waals surface area (Å²) in [4.78, 5) is 18.4. The first-order valence-corrected chi connectivity index (χ1v) is 14.6. The van der Waals surface area contributed by atoms with Gasteiger partial charge in [-0.15, -0.1) is 0 Å². The first-order chi connectivity index (χ1) is 19.4. The van der Waals surface area contributed by atoms with E-state index in [0.717, 1.165) is 57.3 Å². The number of phenolic OH excluding ortho intramolecular Hbond substituents is 1. The summed E-state index contributed by atoms with van der Waals surface area (Å²) in [6.07, 6.45) is 5.84. The number of pyridine rings is 1. The van der Waals surface area contributed by atoms with Gasteiger partial charge in [-0.25, -0.2) is 18.7 Å². The topological polar surface area (TPSA) is 77.4 Å². The summed E-state index contributed by atoms with van der Waals surface area (Å²) in [5.41, 5.74) is 1.05. The Morgan fingerprint density at radius 3 is 2.85 bits per heavy atom. The number of hydrogen-bond acceptors (Lipinski definition) is 7. The van der Waals surface area contributed by atoms with Gasteiger partial charge in [-0.3, -0.25) is 9.88 Å². The van der Waals surface area contributed by atoms with Crippen molar-refractivity contribution in [2.24, 2.45) is 0 Å². The molecule has 206 valence electrons. The lowest BCUT2D eigenvalue weighted by Gasteiger charge is -2.29. The van der Waals surface area contributed by atoms with Gasteiger partial charge in [0.2, 0.25) is 5.82 Å². The van der Waals surface area contributed by atoms with Crippen molar-refractivity contribution < 1.29 is 13.9 Å². The van der Waals surface area contributed by atoms with E-state index in [1.807, 2.05) is 0 Å². The minimum atomic E-state index is -0.892. The van der Waals surface area contributed by atoms with Crippen LogP contribution >= 0.6 is 11.6 Å². The first-order valence-electron chi connectivity index (χ1n) is 14.2. The molecule has 4 saturated heterocycles. The van der Waals surface area contributed by atoms with Crippen molar-refractivity contribution in [1.29, 1.82) is 0 Å². The van der Waals surface area contributed by atoms with Gasteiger partial charge in [0, 0.05) is 54.9 Å². The zero-order valence-electron chi connectivity index (χ0n) is 21.9. The first kappa shape index (κ1) is 24.7. The molecule has 10 heteroatoms. The molecule has 7 nitrogen and oxygen atoms in total. The number of aromatic hydroxyl groups is 1. The highest BCUT2D eigenvalue weighted by atomic mass is 35.5. The SMILES string of the molecule is Oc1cc(Cl)c(C2CC2)c(-c2ncc3c(N4C[C@H]5C[C@@H]4CN5)nc(C#C[C@@]45CCCN4C[C@H](F)C5)nc3c2F)c1. The Bertz CT molecular complexity index is 1620. The Hall–Kier alpha value is -3.06. The predicted molar refractivity (Wildman–Crippen MR) is 149 cm³/mol. The zero-order chi connectivity index (χ0) is 27.2. The molecule has 2 aromatic heterocycles. The van der Waals surface area contributed by atoms with Gasteiger partial charge in [-0.1, -0.05) is 17.5 Å². The number of piperazine rings is 1. The maximum atomic E-state index is 16.5. The molecule has 1 aromatic carbocycles. The second-order valence-electron chi connectivity index (χ2n) is 12.0. The number of alkyl halides is 1. The Morgan fingerprint density at radius 1 is 1.20 bits per heavy atom. The molecule has 0 amide bonds. The van der Waals surface area contributed by atoms with E-state index in [1.54, 1.807) is 6.20 Å². The fourth-order valence-electron chi connectivity index (χ4n) is 7.38. The van der Waals surface area contributed by atoms with Gasteiger partial charge in [0.05, 0.1) is 10.9 Å². The van der Waals surface area contributed by atoms with Gasteiger partial charge in [0.25, 0.3) is 0 Å². The van der Waals surface area contributed by atoms with E-state index in [-0.39, 0.29) is 34.7 Å². The smallest absolute Gasteiger partial charge is 0.207 e. The number of nitrogens with one attached hydrogen (secondary N) is 1. The number of halogens is 3. The maximum Gasteiger partial charge on any atom is 0.207 e. The van der Waals surface area contributed by atoms with Gasteiger partial charge in [-0.05, 0) is 68.2 Å². The third kappa shape index (κ3) is 3.87. The van der Waals surface area contributed by atoms with Crippen LogP contribution in [-0.4, -0.2) is 74.9 Å². The fraction of sp³-hybridized carbons (Fsp3) is 0.500. The predicted octanol–water partition coefficient (Wildman–Crippen LogP) is 4.55. The molecular formula is C30H29ClF2N6O.